The lowest BCUT2D eigenvalue weighted by molar-refractivity contribution is -0.0565. The fraction of sp³-hybridized carbons (Fsp3) is 0.929. The maximum atomic E-state index is 10.3. The van der Waals surface area contributed by atoms with Gasteiger partial charge in [0.15, 0.2) is 5.96 Å². The van der Waals surface area contributed by atoms with E-state index in [4.69, 9.17) is 10.5 Å². The van der Waals surface area contributed by atoms with E-state index in [9.17, 15) is 5.11 Å². The van der Waals surface area contributed by atoms with E-state index in [-0.39, 0.29) is 24.0 Å². The Morgan fingerprint density at radius 2 is 2.19 bits per heavy atom. The lowest BCUT2D eigenvalue weighted by atomic mass is 9.95. The van der Waals surface area contributed by atoms with E-state index in [0.717, 1.165) is 13.1 Å². The number of likely N-dealkylation sites (tertiary alicyclic amines) is 1. The van der Waals surface area contributed by atoms with Crippen LogP contribution in [0.1, 0.15) is 32.6 Å². The molecule has 4 N–H and O–H groups in total. The summed E-state index contributed by atoms with van der Waals surface area (Å²) >= 11 is 0. The fourth-order valence-corrected chi connectivity index (χ4v) is 2.96. The number of hydrogen-bond acceptors (Lipinski definition) is 4. The Morgan fingerprint density at radius 1 is 1.48 bits per heavy atom. The largest absolute Gasteiger partial charge is 0.388 e. The zero-order valence-electron chi connectivity index (χ0n) is 12.9. The highest BCUT2D eigenvalue weighted by atomic mass is 127. The van der Waals surface area contributed by atoms with E-state index in [1.807, 2.05) is 0 Å². The summed E-state index contributed by atoms with van der Waals surface area (Å²) in [5.74, 6) is 0.438. The fourth-order valence-electron chi connectivity index (χ4n) is 2.96. The number of nitrogens with one attached hydrogen (secondary N) is 1. The van der Waals surface area contributed by atoms with Crippen LogP contribution < -0.4 is 11.1 Å². The summed E-state index contributed by atoms with van der Waals surface area (Å²) in [6, 6.07) is 0.555. The van der Waals surface area contributed by atoms with Gasteiger partial charge in [0.2, 0.25) is 0 Å². The van der Waals surface area contributed by atoms with Gasteiger partial charge in [0.05, 0.1) is 12.1 Å². The lowest BCUT2D eigenvalue weighted by Crippen LogP contribution is -2.44. The van der Waals surface area contributed by atoms with Crippen LogP contribution >= 0.6 is 24.0 Å². The van der Waals surface area contributed by atoms with Crippen molar-refractivity contribution in [1.29, 1.82) is 0 Å². The highest BCUT2D eigenvalue weighted by molar-refractivity contribution is 14.0. The standard InChI is InChI=1S/C14H28N4O2.HI/c1-2-18-7-3-4-12(18)10-16-13(15)17-11-14(19)5-8-20-9-6-14;/h12,19H,2-11H2,1H3,(H3,15,16,17);1H. The molecule has 0 amide bonds. The number of guanidine groups is 1. The molecular weight excluding hydrogens is 383 g/mol. The van der Waals surface area contributed by atoms with Gasteiger partial charge in [-0.05, 0) is 25.9 Å². The number of nitrogens with two attached hydrogens (primary N) is 1. The molecule has 0 saturated carbocycles. The molecule has 6 nitrogen and oxygen atoms in total. The van der Waals surface area contributed by atoms with Gasteiger partial charge in [-0.25, -0.2) is 0 Å². The molecule has 0 bridgehead atoms. The molecule has 2 heterocycles. The number of likely N-dealkylation sites (N-methyl/N-ethyl adjacent to an activating group) is 1. The summed E-state index contributed by atoms with van der Waals surface area (Å²) in [5.41, 5.74) is 5.15. The molecule has 2 aliphatic rings. The number of ether oxygens (including phenoxy) is 1. The Morgan fingerprint density at radius 3 is 2.86 bits per heavy atom. The summed E-state index contributed by atoms with van der Waals surface area (Å²) in [5, 5.41) is 13.5. The first-order valence-corrected chi connectivity index (χ1v) is 7.71. The van der Waals surface area contributed by atoms with Crippen molar-refractivity contribution in [3.63, 3.8) is 0 Å². The van der Waals surface area contributed by atoms with E-state index < -0.39 is 5.60 Å². The summed E-state index contributed by atoms with van der Waals surface area (Å²) in [6.07, 6.45) is 3.75. The first-order valence-electron chi connectivity index (χ1n) is 7.71. The SMILES string of the molecule is CCN1CCCC1CNC(N)=NCC1(O)CCOCC1.I. The van der Waals surface area contributed by atoms with Crippen LogP contribution in [0.15, 0.2) is 4.99 Å². The van der Waals surface area contributed by atoms with E-state index in [1.165, 1.54) is 19.4 Å². The van der Waals surface area contributed by atoms with Crippen LogP contribution in [0, 0.1) is 0 Å². The molecule has 2 aliphatic heterocycles. The number of rotatable bonds is 5. The third kappa shape index (κ3) is 5.88. The van der Waals surface area contributed by atoms with Gasteiger partial charge >= 0.3 is 0 Å². The van der Waals surface area contributed by atoms with Crippen LogP contribution in [0.3, 0.4) is 0 Å². The smallest absolute Gasteiger partial charge is 0.188 e. The monoisotopic (exact) mass is 412 g/mol. The van der Waals surface area contributed by atoms with E-state index >= 15 is 0 Å². The van der Waals surface area contributed by atoms with Crippen LogP contribution in [0.25, 0.3) is 0 Å². The van der Waals surface area contributed by atoms with Crippen molar-refractivity contribution < 1.29 is 9.84 Å². The Bertz CT molecular complexity index is 335. The molecule has 1 unspecified atom stereocenters. The van der Waals surface area contributed by atoms with Gasteiger partial charge in [-0.2, -0.15) is 0 Å². The highest BCUT2D eigenvalue weighted by Crippen LogP contribution is 2.20. The van der Waals surface area contributed by atoms with Crippen LogP contribution in [0.4, 0.5) is 0 Å². The summed E-state index contributed by atoms with van der Waals surface area (Å²) in [4.78, 5) is 6.76. The number of aliphatic hydroxyl groups is 1. The molecule has 0 aromatic heterocycles. The molecule has 0 aliphatic carbocycles. The van der Waals surface area contributed by atoms with Gasteiger partial charge in [0.1, 0.15) is 0 Å². The summed E-state index contributed by atoms with van der Waals surface area (Å²) < 4.78 is 5.25. The van der Waals surface area contributed by atoms with Crippen molar-refractivity contribution in [2.75, 3.05) is 39.4 Å². The molecule has 7 heteroatoms. The first-order chi connectivity index (χ1) is 9.63. The molecule has 2 saturated heterocycles. The second-order valence-electron chi connectivity index (χ2n) is 5.84. The maximum absolute atomic E-state index is 10.3. The zero-order chi connectivity index (χ0) is 14.4. The molecule has 0 aromatic carbocycles. The Kier molecular flexibility index (Phi) is 8.22. The number of aliphatic imine (C=N–C) groups is 1. The zero-order valence-corrected chi connectivity index (χ0v) is 15.2. The average molecular weight is 412 g/mol. The van der Waals surface area contributed by atoms with Gasteiger partial charge in [-0.15, -0.1) is 24.0 Å². The predicted molar refractivity (Wildman–Crippen MR) is 95.2 cm³/mol. The third-order valence-corrected chi connectivity index (χ3v) is 4.39. The minimum absolute atomic E-state index is 0. The Hall–Kier alpha value is -0.120. The summed E-state index contributed by atoms with van der Waals surface area (Å²) in [6.45, 7) is 6.86. The van der Waals surface area contributed by atoms with Gasteiger partial charge in [0, 0.05) is 38.6 Å². The molecule has 0 radical (unpaired) electrons. The number of nitrogens with zero attached hydrogens (tertiary/aromatic N) is 2. The highest BCUT2D eigenvalue weighted by Gasteiger charge is 2.29. The van der Waals surface area contributed by atoms with E-state index in [0.29, 0.717) is 44.6 Å². The summed E-state index contributed by atoms with van der Waals surface area (Å²) in [7, 11) is 0. The Balaban J connectivity index is 0.00000220. The van der Waals surface area contributed by atoms with Crippen molar-refractivity contribution >= 4 is 29.9 Å². The maximum Gasteiger partial charge on any atom is 0.188 e. The average Bonchev–Trinajstić information content (AvgIpc) is 2.91. The first kappa shape index (κ1) is 18.9. The number of halogens is 1. The van der Waals surface area contributed by atoms with Crippen molar-refractivity contribution in [2.45, 2.75) is 44.2 Å². The quantitative estimate of drug-likeness (QED) is 0.349. The Labute approximate surface area is 144 Å². The molecule has 21 heavy (non-hydrogen) atoms. The minimum atomic E-state index is -0.743. The van der Waals surface area contributed by atoms with Crippen LogP contribution in [-0.4, -0.2) is 67.0 Å². The lowest BCUT2D eigenvalue weighted by Gasteiger charge is -2.30. The van der Waals surface area contributed by atoms with E-state index in [2.05, 4.69) is 22.1 Å². The molecule has 124 valence electrons. The van der Waals surface area contributed by atoms with Gasteiger partial charge < -0.3 is 20.9 Å². The van der Waals surface area contributed by atoms with Crippen LogP contribution in [0.2, 0.25) is 0 Å². The molecule has 1 atom stereocenters. The molecule has 2 fully saturated rings. The van der Waals surface area contributed by atoms with Gasteiger partial charge in [-0.1, -0.05) is 6.92 Å². The van der Waals surface area contributed by atoms with E-state index in [1.54, 1.807) is 0 Å². The van der Waals surface area contributed by atoms with Crippen molar-refractivity contribution in [2.24, 2.45) is 10.7 Å². The normalized spacial score (nSPS) is 26.4. The topological polar surface area (TPSA) is 83.1 Å². The second-order valence-corrected chi connectivity index (χ2v) is 5.84. The van der Waals surface area contributed by atoms with Crippen LogP contribution in [-0.2, 0) is 4.74 Å². The van der Waals surface area contributed by atoms with Crippen LogP contribution in [0.5, 0.6) is 0 Å². The molecule has 0 aromatic rings. The van der Waals surface area contributed by atoms with Gasteiger partial charge in [0.25, 0.3) is 0 Å². The third-order valence-electron chi connectivity index (χ3n) is 4.39. The van der Waals surface area contributed by atoms with Crippen molar-refractivity contribution in [1.82, 2.24) is 10.2 Å². The predicted octanol–water partition coefficient (Wildman–Crippen LogP) is 0.535. The molecule has 2 rings (SSSR count). The second kappa shape index (κ2) is 9.12. The number of hydrogen-bond donors (Lipinski definition) is 3. The van der Waals surface area contributed by atoms with Crippen molar-refractivity contribution in [3.05, 3.63) is 0 Å². The minimum Gasteiger partial charge on any atom is -0.388 e. The van der Waals surface area contributed by atoms with Crippen molar-refractivity contribution in [3.8, 4) is 0 Å². The molecular formula is C14H29IN4O2. The molecule has 0 spiro atoms. The van der Waals surface area contributed by atoms with Gasteiger partial charge in [-0.3, -0.25) is 9.89 Å².